The Labute approximate surface area is 138 Å². The predicted molar refractivity (Wildman–Crippen MR) is 80.8 cm³/mol. The summed E-state index contributed by atoms with van der Waals surface area (Å²) in [6.07, 6.45) is -2.57. The number of hydrogen-bond donors (Lipinski definition) is 1. The maximum atomic E-state index is 12.5. The van der Waals surface area contributed by atoms with Crippen molar-refractivity contribution in [3.05, 3.63) is 35.9 Å². The van der Waals surface area contributed by atoms with Gasteiger partial charge in [-0.3, -0.25) is 9.59 Å². The molecule has 2 atom stereocenters. The highest BCUT2D eigenvalue weighted by Crippen LogP contribution is 2.41. The van der Waals surface area contributed by atoms with Gasteiger partial charge in [-0.25, -0.2) is 0 Å². The minimum atomic E-state index is -4.44. The number of carbonyl (C=O) groups excluding carboxylic acids is 2. The molecule has 2 aliphatic rings. The lowest BCUT2D eigenvalue weighted by Gasteiger charge is -2.22. The van der Waals surface area contributed by atoms with Gasteiger partial charge in [-0.1, -0.05) is 30.3 Å². The van der Waals surface area contributed by atoms with Crippen molar-refractivity contribution < 1.29 is 22.8 Å². The molecule has 1 aliphatic carbocycles. The summed E-state index contributed by atoms with van der Waals surface area (Å²) in [6, 6.07) is 9.39. The lowest BCUT2D eigenvalue weighted by atomic mass is 10.0. The van der Waals surface area contributed by atoms with Crippen LogP contribution in [0.5, 0.6) is 0 Å². The summed E-state index contributed by atoms with van der Waals surface area (Å²) < 4.78 is 37.4. The quantitative estimate of drug-likeness (QED) is 0.896. The fraction of sp³-hybridized carbons (Fsp3) is 0.529. The van der Waals surface area contributed by atoms with Crippen LogP contribution in [0.1, 0.15) is 30.9 Å². The van der Waals surface area contributed by atoms with Crippen LogP contribution in [0, 0.1) is 11.8 Å². The van der Waals surface area contributed by atoms with Gasteiger partial charge >= 0.3 is 6.18 Å². The van der Waals surface area contributed by atoms with Crippen LogP contribution < -0.4 is 5.32 Å². The minimum Gasteiger partial charge on any atom is -0.349 e. The summed E-state index contributed by atoms with van der Waals surface area (Å²) in [5.41, 5.74) is 0.991. The number of nitrogens with zero attached hydrogens (tertiary/aromatic N) is 1. The monoisotopic (exact) mass is 340 g/mol. The molecule has 0 spiro atoms. The second kappa shape index (κ2) is 6.45. The number of halogens is 3. The van der Waals surface area contributed by atoms with E-state index in [4.69, 9.17) is 0 Å². The van der Waals surface area contributed by atoms with Gasteiger partial charge in [-0.2, -0.15) is 13.2 Å². The van der Waals surface area contributed by atoms with Crippen molar-refractivity contribution in [1.29, 1.82) is 0 Å². The Morgan fingerprint density at radius 1 is 1.25 bits per heavy atom. The largest absolute Gasteiger partial charge is 0.406 e. The van der Waals surface area contributed by atoms with E-state index in [-0.39, 0.29) is 24.9 Å². The molecule has 1 saturated carbocycles. The Morgan fingerprint density at radius 2 is 1.92 bits per heavy atom. The van der Waals surface area contributed by atoms with Crippen molar-refractivity contribution in [3.8, 4) is 0 Å². The Hall–Kier alpha value is -2.05. The van der Waals surface area contributed by atoms with Gasteiger partial charge in [0.1, 0.15) is 6.54 Å². The third-order valence-electron chi connectivity index (χ3n) is 4.51. The third-order valence-corrected chi connectivity index (χ3v) is 4.51. The highest BCUT2D eigenvalue weighted by Gasteiger charge is 2.42. The molecule has 0 radical (unpaired) electrons. The van der Waals surface area contributed by atoms with Crippen LogP contribution in [0.2, 0.25) is 0 Å². The molecule has 0 unspecified atom stereocenters. The standard InChI is InChI=1S/C17H19F3N2O2/c18-17(19,20)10-22-9-13(8-14(22)23)16(24)21-15(12-6-7-12)11-4-2-1-3-5-11/h1-5,12-13,15H,6-10H2,(H,21,24)/t13-,15-/m0/s1. The van der Waals surface area contributed by atoms with E-state index >= 15 is 0 Å². The molecule has 2 amide bonds. The number of alkyl halides is 3. The van der Waals surface area contributed by atoms with Gasteiger partial charge in [0.05, 0.1) is 12.0 Å². The second-order valence-corrected chi connectivity index (χ2v) is 6.52. The number of rotatable bonds is 5. The number of carbonyl (C=O) groups is 2. The fourth-order valence-electron chi connectivity index (χ4n) is 3.15. The van der Waals surface area contributed by atoms with E-state index < -0.39 is 24.5 Å². The van der Waals surface area contributed by atoms with Crippen molar-refractivity contribution >= 4 is 11.8 Å². The normalized spacial score (nSPS) is 22.5. The third kappa shape index (κ3) is 4.07. The van der Waals surface area contributed by atoms with Gasteiger partial charge in [0.15, 0.2) is 0 Å². The molecule has 130 valence electrons. The molecule has 1 saturated heterocycles. The van der Waals surface area contributed by atoms with E-state index in [0.29, 0.717) is 5.92 Å². The summed E-state index contributed by atoms with van der Waals surface area (Å²) in [5.74, 6) is -1.31. The van der Waals surface area contributed by atoms with Crippen LogP contribution in [-0.2, 0) is 9.59 Å². The number of amides is 2. The molecule has 1 aliphatic heterocycles. The topological polar surface area (TPSA) is 49.4 Å². The van der Waals surface area contributed by atoms with Crippen molar-refractivity contribution in [2.45, 2.75) is 31.5 Å². The molecule has 7 heteroatoms. The average molecular weight is 340 g/mol. The van der Waals surface area contributed by atoms with E-state index in [1.54, 1.807) is 0 Å². The SMILES string of the molecule is O=C(N[C@@H](c1ccccc1)C1CC1)[C@H]1CC(=O)N(CC(F)(F)F)C1. The first kappa shape index (κ1) is 16.8. The Kier molecular flexibility index (Phi) is 4.51. The Bertz CT molecular complexity index is 614. The molecule has 1 heterocycles. The Balaban J connectivity index is 1.63. The highest BCUT2D eigenvalue weighted by atomic mass is 19.4. The number of likely N-dealkylation sites (tertiary alicyclic amines) is 1. The summed E-state index contributed by atoms with van der Waals surface area (Å²) >= 11 is 0. The molecule has 0 aromatic heterocycles. The zero-order valence-corrected chi connectivity index (χ0v) is 13.1. The van der Waals surface area contributed by atoms with Crippen LogP contribution in [0.25, 0.3) is 0 Å². The van der Waals surface area contributed by atoms with Gasteiger partial charge in [0.2, 0.25) is 11.8 Å². The predicted octanol–water partition coefficient (Wildman–Crippen LogP) is 2.66. The second-order valence-electron chi connectivity index (χ2n) is 6.52. The lowest BCUT2D eigenvalue weighted by molar-refractivity contribution is -0.157. The van der Waals surface area contributed by atoms with Crippen molar-refractivity contribution in [1.82, 2.24) is 10.2 Å². The molecule has 3 rings (SSSR count). The first-order chi connectivity index (χ1) is 11.3. The smallest absolute Gasteiger partial charge is 0.349 e. The number of hydrogen-bond acceptors (Lipinski definition) is 2. The van der Waals surface area contributed by atoms with E-state index in [1.165, 1.54) is 0 Å². The van der Waals surface area contributed by atoms with E-state index in [9.17, 15) is 22.8 Å². The summed E-state index contributed by atoms with van der Waals surface area (Å²) in [7, 11) is 0. The van der Waals surface area contributed by atoms with Gasteiger partial charge < -0.3 is 10.2 Å². The molecule has 1 aromatic rings. The molecule has 0 bridgehead atoms. The van der Waals surface area contributed by atoms with Crippen LogP contribution in [0.4, 0.5) is 13.2 Å². The van der Waals surface area contributed by atoms with E-state index in [0.717, 1.165) is 23.3 Å². The molecule has 24 heavy (non-hydrogen) atoms. The van der Waals surface area contributed by atoms with Crippen LogP contribution >= 0.6 is 0 Å². The van der Waals surface area contributed by atoms with Gasteiger partial charge in [0, 0.05) is 13.0 Å². The highest BCUT2D eigenvalue weighted by molar-refractivity contribution is 5.89. The molecule has 4 nitrogen and oxygen atoms in total. The molecule has 1 N–H and O–H groups in total. The fourth-order valence-corrected chi connectivity index (χ4v) is 3.15. The van der Waals surface area contributed by atoms with E-state index in [2.05, 4.69) is 5.32 Å². The molecule has 1 aromatic carbocycles. The molecular weight excluding hydrogens is 321 g/mol. The minimum absolute atomic E-state index is 0.134. The molecule has 2 fully saturated rings. The van der Waals surface area contributed by atoms with Crippen molar-refractivity contribution in [2.24, 2.45) is 11.8 Å². The average Bonchev–Trinajstić information content (AvgIpc) is 3.29. The first-order valence-corrected chi connectivity index (χ1v) is 8.03. The van der Waals surface area contributed by atoms with Crippen molar-refractivity contribution in [2.75, 3.05) is 13.1 Å². The Morgan fingerprint density at radius 3 is 2.50 bits per heavy atom. The lowest BCUT2D eigenvalue weighted by Crippen LogP contribution is -2.38. The first-order valence-electron chi connectivity index (χ1n) is 8.03. The number of nitrogens with one attached hydrogen (secondary N) is 1. The zero-order valence-electron chi connectivity index (χ0n) is 13.1. The van der Waals surface area contributed by atoms with Crippen molar-refractivity contribution in [3.63, 3.8) is 0 Å². The summed E-state index contributed by atoms with van der Waals surface area (Å²) in [4.78, 5) is 24.9. The van der Waals surface area contributed by atoms with E-state index in [1.807, 2.05) is 30.3 Å². The van der Waals surface area contributed by atoms with Gasteiger partial charge in [-0.05, 0) is 24.3 Å². The number of benzene rings is 1. The van der Waals surface area contributed by atoms with Crippen LogP contribution in [0.3, 0.4) is 0 Å². The van der Waals surface area contributed by atoms with Crippen LogP contribution in [0.15, 0.2) is 30.3 Å². The van der Waals surface area contributed by atoms with Crippen LogP contribution in [-0.4, -0.2) is 36.0 Å². The molecular formula is C17H19F3N2O2. The zero-order chi connectivity index (χ0) is 17.3. The maximum Gasteiger partial charge on any atom is 0.406 e. The summed E-state index contributed by atoms with van der Waals surface area (Å²) in [5, 5.41) is 2.94. The summed E-state index contributed by atoms with van der Waals surface area (Å²) in [6.45, 7) is -1.46. The maximum absolute atomic E-state index is 12.5. The van der Waals surface area contributed by atoms with Gasteiger partial charge in [0.25, 0.3) is 0 Å². The van der Waals surface area contributed by atoms with Gasteiger partial charge in [-0.15, -0.1) is 0 Å².